The highest BCUT2D eigenvalue weighted by molar-refractivity contribution is 5.55. The highest BCUT2D eigenvalue weighted by Gasteiger charge is 2.23. The Morgan fingerprint density at radius 2 is 2.19 bits per heavy atom. The molecule has 0 fully saturated rings. The Kier molecular flexibility index (Phi) is 2.74. The minimum Gasteiger partial charge on any atom is -0.484 e. The van der Waals surface area contributed by atoms with E-state index in [1.165, 1.54) is 0 Å². The van der Waals surface area contributed by atoms with Crippen LogP contribution in [0.3, 0.4) is 0 Å². The highest BCUT2D eigenvalue weighted by atomic mass is 16.6. The monoisotopic (exact) mass is 281 g/mol. The maximum absolute atomic E-state index is 5.89. The first-order valence-electron chi connectivity index (χ1n) is 6.48. The van der Waals surface area contributed by atoms with E-state index in [9.17, 15) is 0 Å². The van der Waals surface area contributed by atoms with Gasteiger partial charge in [-0.05, 0) is 29.0 Å². The van der Waals surface area contributed by atoms with Gasteiger partial charge in [-0.1, -0.05) is 18.2 Å². The Labute approximate surface area is 119 Å². The van der Waals surface area contributed by atoms with Crippen molar-refractivity contribution in [2.75, 3.05) is 6.61 Å². The number of hydrogen-bond acceptors (Lipinski definition) is 6. The summed E-state index contributed by atoms with van der Waals surface area (Å²) in [6.07, 6.45) is 1.47. The van der Waals surface area contributed by atoms with Crippen molar-refractivity contribution >= 4 is 0 Å². The molecule has 1 atom stereocenters. The first kappa shape index (κ1) is 11.8. The topological polar surface area (TPSA) is 85.8 Å². The van der Waals surface area contributed by atoms with Crippen molar-refractivity contribution in [1.82, 2.24) is 25.6 Å². The molecule has 0 amide bonds. The number of benzene rings is 1. The van der Waals surface area contributed by atoms with Crippen LogP contribution < -0.4 is 9.47 Å². The Morgan fingerprint density at radius 3 is 3.10 bits per heavy atom. The predicted octanol–water partition coefficient (Wildman–Crippen LogP) is 1.77. The molecule has 0 saturated carbocycles. The highest BCUT2D eigenvalue weighted by Crippen LogP contribution is 2.34. The van der Waals surface area contributed by atoms with Crippen LogP contribution in [0.5, 0.6) is 11.6 Å². The number of rotatable bonds is 2. The molecule has 3 aromatic rings. The maximum atomic E-state index is 5.89. The molecule has 104 valence electrons. The zero-order chi connectivity index (χ0) is 14.1. The van der Waals surface area contributed by atoms with Gasteiger partial charge in [-0.25, -0.2) is 4.98 Å². The maximum Gasteiger partial charge on any atom is 0.257 e. The molecule has 0 saturated heterocycles. The summed E-state index contributed by atoms with van der Waals surface area (Å²) in [7, 11) is 0. The van der Waals surface area contributed by atoms with Crippen molar-refractivity contribution in [2.45, 2.75) is 6.10 Å². The molecule has 7 heteroatoms. The second-order valence-corrected chi connectivity index (χ2v) is 4.59. The standard InChI is InChI=1S/C14H11N5O2/c1-3-9(7-10(4-1)13-16-18-19-17-13)12-8-20-11-5-2-6-15-14(11)21-12/h1-7,12H,8H2,(H,16,17,18,19)/t12-/m0/s1. The van der Waals surface area contributed by atoms with Crippen molar-refractivity contribution in [3.05, 3.63) is 48.2 Å². The lowest BCUT2D eigenvalue weighted by atomic mass is 10.1. The molecule has 2 aromatic heterocycles. The fraction of sp³-hybridized carbons (Fsp3) is 0.143. The van der Waals surface area contributed by atoms with Gasteiger partial charge in [0.25, 0.3) is 5.88 Å². The number of aromatic nitrogens is 5. The number of H-pyrrole nitrogens is 1. The second-order valence-electron chi connectivity index (χ2n) is 4.59. The van der Waals surface area contributed by atoms with Crippen molar-refractivity contribution in [3.8, 4) is 23.0 Å². The average Bonchev–Trinajstić information content (AvgIpc) is 3.09. The lowest BCUT2D eigenvalue weighted by Crippen LogP contribution is -2.22. The molecule has 0 bridgehead atoms. The number of hydrogen-bond donors (Lipinski definition) is 1. The molecular weight excluding hydrogens is 270 g/mol. The van der Waals surface area contributed by atoms with E-state index in [0.717, 1.165) is 11.1 Å². The molecule has 0 radical (unpaired) electrons. The van der Waals surface area contributed by atoms with Crippen LogP contribution in [-0.4, -0.2) is 32.2 Å². The molecule has 1 aliphatic rings. The normalized spacial score (nSPS) is 16.7. The lowest BCUT2D eigenvalue weighted by molar-refractivity contribution is 0.0851. The summed E-state index contributed by atoms with van der Waals surface area (Å²) in [5.74, 6) is 1.73. The van der Waals surface area contributed by atoms with Crippen LogP contribution in [0, 0.1) is 0 Å². The molecule has 0 unspecified atom stereocenters. The summed E-state index contributed by atoms with van der Waals surface area (Å²) < 4.78 is 11.6. The van der Waals surface area contributed by atoms with Crippen LogP contribution in [0.15, 0.2) is 42.6 Å². The van der Waals surface area contributed by atoms with Crippen LogP contribution in [0.25, 0.3) is 11.4 Å². The van der Waals surface area contributed by atoms with Crippen molar-refractivity contribution in [2.24, 2.45) is 0 Å². The van der Waals surface area contributed by atoms with Crippen molar-refractivity contribution in [3.63, 3.8) is 0 Å². The van der Waals surface area contributed by atoms with Crippen molar-refractivity contribution < 1.29 is 9.47 Å². The molecule has 1 N–H and O–H groups in total. The Hall–Kier alpha value is -2.96. The first-order valence-corrected chi connectivity index (χ1v) is 6.48. The van der Waals surface area contributed by atoms with Crippen LogP contribution in [0.1, 0.15) is 11.7 Å². The van der Waals surface area contributed by atoms with Gasteiger partial charge in [0.15, 0.2) is 11.9 Å². The molecule has 0 aliphatic carbocycles. The largest absolute Gasteiger partial charge is 0.484 e. The zero-order valence-electron chi connectivity index (χ0n) is 10.9. The zero-order valence-corrected chi connectivity index (χ0v) is 10.9. The van der Waals surface area contributed by atoms with E-state index in [1.807, 2.05) is 36.4 Å². The van der Waals surface area contributed by atoms with Crippen molar-refractivity contribution in [1.29, 1.82) is 0 Å². The fourth-order valence-corrected chi connectivity index (χ4v) is 2.24. The molecule has 1 aliphatic heterocycles. The summed E-state index contributed by atoms with van der Waals surface area (Å²) in [5.41, 5.74) is 1.85. The molecule has 7 nitrogen and oxygen atoms in total. The SMILES string of the molecule is c1cc(-c2nn[nH]n2)cc([C@@H]2COc3cccnc3O2)c1. The van der Waals surface area contributed by atoms with E-state index in [1.54, 1.807) is 6.20 Å². The van der Waals surface area contributed by atoms with Gasteiger partial charge in [-0.15, -0.1) is 10.2 Å². The van der Waals surface area contributed by atoms with Gasteiger partial charge in [0.05, 0.1) is 0 Å². The molecule has 1 aromatic carbocycles. The number of nitrogens with zero attached hydrogens (tertiary/aromatic N) is 4. The number of fused-ring (bicyclic) bond motifs is 1. The Bertz CT molecular complexity index is 760. The van der Waals surface area contributed by atoms with E-state index in [0.29, 0.717) is 24.1 Å². The lowest BCUT2D eigenvalue weighted by Gasteiger charge is -2.25. The van der Waals surface area contributed by atoms with Gasteiger partial charge >= 0.3 is 0 Å². The molecule has 4 rings (SSSR count). The van der Waals surface area contributed by atoms with Crippen LogP contribution in [0.2, 0.25) is 0 Å². The third kappa shape index (κ3) is 2.18. The van der Waals surface area contributed by atoms with Gasteiger partial charge in [0.1, 0.15) is 6.61 Å². The summed E-state index contributed by atoms with van der Waals surface area (Å²) in [5, 5.41) is 14.0. The minimum atomic E-state index is -0.209. The number of aromatic amines is 1. The average molecular weight is 281 g/mol. The van der Waals surface area contributed by atoms with Crippen LogP contribution in [-0.2, 0) is 0 Å². The van der Waals surface area contributed by atoms with Gasteiger partial charge in [-0.2, -0.15) is 5.21 Å². The fourth-order valence-electron chi connectivity index (χ4n) is 2.24. The smallest absolute Gasteiger partial charge is 0.257 e. The molecule has 3 heterocycles. The number of pyridine rings is 1. The summed E-state index contributed by atoms with van der Waals surface area (Å²) >= 11 is 0. The minimum absolute atomic E-state index is 0.209. The molecule has 21 heavy (non-hydrogen) atoms. The van der Waals surface area contributed by atoms with Gasteiger partial charge in [0.2, 0.25) is 5.82 Å². The number of ether oxygens (including phenoxy) is 2. The van der Waals surface area contributed by atoms with Gasteiger partial charge in [0, 0.05) is 11.8 Å². The third-order valence-electron chi connectivity index (χ3n) is 3.24. The van der Waals surface area contributed by atoms with E-state index >= 15 is 0 Å². The second kappa shape index (κ2) is 4.86. The van der Waals surface area contributed by atoms with Gasteiger partial charge < -0.3 is 9.47 Å². The van der Waals surface area contributed by atoms with E-state index in [2.05, 4.69) is 25.6 Å². The number of nitrogens with one attached hydrogen (secondary N) is 1. The van der Waals surface area contributed by atoms with Crippen LogP contribution >= 0.6 is 0 Å². The molecular formula is C14H11N5O2. The first-order chi connectivity index (χ1) is 10.4. The van der Waals surface area contributed by atoms with Crippen LogP contribution in [0.4, 0.5) is 0 Å². The van der Waals surface area contributed by atoms with E-state index < -0.39 is 0 Å². The van der Waals surface area contributed by atoms with Gasteiger partial charge in [-0.3, -0.25) is 0 Å². The Balaban J connectivity index is 1.65. The third-order valence-corrected chi connectivity index (χ3v) is 3.24. The summed E-state index contributed by atoms with van der Waals surface area (Å²) in [4.78, 5) is 4.18. The number of tetrazole rings is 1. The summed E-state index contributed by atoms with van der Waals surface area (Å²) in [6, 6.07) is 11.5. The Morgan fingerprint density at radius 1 is 1.19 bits per heavy atom. The quantitative estimate of drug-likeness (QED) is 0.770. The molecule has 0 spiro atoms. The predicted molar refractivity (Wildman–Crippen MR) is 72.7 cm³/mol. The summed E-state index contributed by atoms with van der Waals surface area (Å²) in [6.45, 7) is 0.439. The van der Waals surface area contributed by atoms with E-state index in [-0.39, 0.29) is 6.10 Å². The van der Waals surface area contributed by atoms with E-state index in [4.69, 9.17) is 9.47 Å².